The van der Waals surface area contributed by atoms with Gasteiger partial charge in [-0.15, -0.1) is 0 Å². The van der Waals surface area contributed by atoms with Crippen molar-refractivity contribution >= 4 is 5.95 Å². The molecule has 0 amide bonds. The molecule has 0 bridgehead atoms. The summed E-state index contributed by atoms with van der Waals surface area (Å²) in [6.45, 7) is 3.41. The Morgan fingerprint density at radius 1 is 1.41 bits per heavy atom. The van der Waals surface area contributed by atoms with E-state index < -0.39 is 18.3 Å². The van der Waals surface area contributed by atoms with Crippen molar-refractivity contribution < 1.29 is 23.0 Å². The molecule has 2 rings (SSSR count). The van der Waals surface area contributed by atoms with Crippen LogP contribution in [0.15, 0.2) is 17.8 Å². The highest BCUT2D eigenvalue weighted by Gasteiger charge is 2.62. The number of aryl methyl sites for hydroxylation is 2. The first-order chi connectivity index (χ1) is 10.2. The van der Waals surface area contributed by atoms with Gasteiger partial charge in [-0.1, -0.05) is 0 Å². The van der Waals surface area contributed by atoms with Crippen molar-refractivity contribution in [3.8, 4) is 0 Å². The molecule has 1 aromatic heterocycles. The molecule has 22 heavy (non-hydrogen) atoms. The first-order valence-corrected chi connectivity index (χ1v) is 6.53. The zero-order chi connectivity index (χ0) is 16.5. The monoisotopic (exact) mass is 318 g/mol. The van der Waals surface area contributed by atoms with Crippen LogP contribution in [0.3, 0.4) is 0 Å². The van der Waals surface area contributed by atoms with Gasteiger partial charge in [0.05, 0.1) is 6.61 Å². The molecule has 1 saturated heterocycles. The van der Waals surface area contributed by atoms with E-state index in [2.05, 4.69) is 15.4 Å². The molecule has 0 spiro atoms. The normalized spacial score (nSPS) is 24.0. The minimum absolute atomic E-state index is 0.123. The zero-order valence-electron chi connectivity index (χ0n) is 12.4. The Morgan fingerprint density at radius 3 is 2.50 bits per heavy atom. The van der Waals surface area contributed by atoms with Crippen LogP contribution in [0.4, 0.5) is 19.1 Å². The molecule has 9 heteroatoms. The van der Waals surface area contributed by atoms with Crippen LogP contribution >= 0.6 is 0 Å². The third-order valence-corrected chi connectivity index (χ3v) is 3.18. The van der Waals surface area contributed by atoms with Gasteiger partial charge in [-0.25, -0.2) is 15.0 Å². The van der Waals surface area contributed by atoms with Crippen LogP contribution in [-0.4, -0.2) is 40.7 Å². The van der Waals surface area contributed by atoms with E-state index >= 15 is 0 Å². The van der Waals surface area contributed by atoms with Crippen molar-refractivity contribution in [1.82, 2.24) is 15.4 Å². The van der Waals surface area contributed by atoms with Gasteiger partial charge in [0.15, 0.2) is 0 Å². The number of hydrogen-bond acceptors (Lipinski definition) is 6. The number of hydrazine groups is 1. The largest absolute Gasteiger partial charge is 0.438 e. The quantitative estimate of drug-likeness (QED) is 0.882. The highest BCUT2D eigenvalue weighted by atomic mass is 19.4. The summed E-state index contributed by atoms with van der Waals surface area (Å²) in [7, 11) is 1.42. The maximum absolute atomic E-state index is 13.3. The molecule has 1 aliphatic rings. The Hall–Kier alpha value is -1.87. The van der Waals surface area contributed by atoms with Crippen molar-refractivity contribution in [1.29, 1.82) is 0 Å². The first kappa shape index (κ1) is 16.5. The van der Waals surface area contributed by atoms with E-state index in [9.17, 15) is 18.3 Å². The minimum Gasteiger partial charge on any atom is -0.381 e. The number of hydrogen-bond donors (Lipinski definition) is 2. The average molecular weight is 318 g/mol. The smallest absolute Gasteiger partial charge is 0.381 e. The number of rotatable bonds is 3. The van der Waals surface area contributed by atoms with Gasteiger partial charge in [0.1, 0.15) is 0 Å². The molecule has 0 radical (unpaired) electrons. The third kappa shape index (κ3) is 3.00. The van der Waals surface area contributed by atoms with Crippen LogP contribution in [0.1, 0.15) is 17.8 Å². The van der Waals surface area contributed by atoms with Gasteiger partial charge in [-0.3, -0.25) is 5.43 Å². The maximum Gasteiger partial charge on any atom is 0.438 e. The standard InChI is InChI=1S/C13H17F3N4O2/c1-8-6-9(2)18-11(17-8)20-12(21,13(14,15)16)7-10(19-20)4-5-22-3/h4,6,19,21H,5,7H2,1-3H3/b10-4-/t12-/m0/s1. The maximum atomic E-state index is 13.3. The van der Waals surface area contributed by atoms with Crippen molar-refractivity contribution in [2.24, 2.45) is 0 Å². The number of alkyl halides is 3. The molecule has 122 valence electrons. The van der Waals surface area contributed by atoms with Crippen LogP contribution in [0, 0.1) is 13.8 Å². The molecule has 1 aliphatic heterocycles. The van der Waals surface area contributed by atoms with Crippen LogP contribution in [0.25, 0.3) is 0 Å². The van der Waals surface area contributed by atoms with Crippen LogP contribution in [0.5, 0.6) is 0 Å². The number of halogens is 3. The molecule has 1 fully saturated rings. The lowest BCUT2D eigenvalue weighted by atomic mass is 10.1. The minimum atomic E-state index is -4.89. The van der Waals surface area contributed by atoms with E-state index in [0.29, 0.717) is 16.4 Å². The number of aromatic nitrogens is 2. The van der Waals surface area contributed by atoms with Gasteiger partial charge in [0.2, 0.25) is 5.95 Å². The van der Waals surface area contributed by atoms with E-state index in [4.69, 9.17) is 4.74 Å². The highest BCUT2D eigenvalue weighted by molar-refractivity contribution is 5.40. The Kier molecular flexibility index (Phi) is 4.30. The first-order valence-electron chi connectivity index (χ1n) is 6.53. The zero-order valence-corrected chi connectivity index (χ0v) is 12.4. The van der Waals surface area contributed by atoms with Crippen LogP contribution in [0.2, 0.25) is 0 Å². The van der Waals surface area contributed by atoms with Gasteiger partial charge in [0.25, 0.3) is 5.72 Å². The average Bonchev–Trinajstić information content (AvgIpc) is 2.73. The molecule has 0 aromatic carbocycles. The van der Waals surface area contributed by atoms with E-state index in [1.807, 2.05) is 0 Å². The summed E-state index contributed by atoms with van der Waals surface area (Å²) >= 11 is 0. The Labute approximate surface area is 125 Å². The summed E-state index contributed by atoms with van der Waals surface area (Å²) in [6.07, 6.45) is -4.11. The molecular formula is C13H17F3N4O2. The van der Waals surface area contributed by atoms with E-state index in [1.165, 1.54) is 13.2 Å². The molecular weight excluding hydrogens is 301 g/mol. The summed E-state index contributed by atoms with van der Waals surface area (Å²) in [5.74, 6) is -0.238. The topological polar surface area (TPSA) is 70.5 Å². The molecule has 0 unspecified atom stereocenters. The molecule has 6 nitrogen and oxygen atoms in total. The van der Waals surface area contributed by atoms with Gasteiger partial charge in [-0.05, 0) is 26.0 Å². The fourth-order valence-electron chi connectivity index (χ4n) is 2.17. The van der Waals surface area contributed by atoms with Crippen molar-refractivity contribution in [3.63, 3.8) is 0 Å². The number of ether oxygens (including phenoxy) is 1. The second-order valence-electron chi connectivity index (χ2n) is 5.07. The van der Waals surface area contributed by atoms with E-state index in [1.54, 1.807) is 19.9 Å². The van der Waals surface area contributed by atoms with Gasteiger partial charge in [-0.2, -0.15) is 13.2 Å². The van der Waals surface area contributed by atoms with Crippen molar-refractivity contribution in [2.75, 3.05) is 18.7 Å². The Morgan fingerprint density at radius 2 is 2.00 bits per heavy atom. The van der Waals surface area contributed by atoms with Gasteiger partial charge < -0.3 is 9.84 Å². The Bertz CT molecular complexity index is 571. The third-order valence-electron chi connectivity index (χ3n) is 3.18. The fraction of sp³-hybridized carbons (Fsp3) is 0.538. The number of aliphatic hydroxyl groups is 1. The predicted molar refractivity (Wildman–Crippen MR) is 72.7 cm³/mol. The van der Waals surface area contributed by atoms with Crippen LogP contribution < -0.4 is 10.4 Å². The van der Waals surface area contributed by atoms with E-state index in [-0.39, 0.29) is 18.3 Å². The fourth-order valence-corrected chi connectivity index (χ4v) is 2.17. The van der Waals surface area contributed by atoms with Crippen LogP contribution in [-0.2, 0) is 4.74 Å². The lowest BCUT2D eigenvalue weighted by Crippen LogP contribution is -2.58. The Balaban J connectivity index is 2.45. The van der Waals surface area contributed by atoms with Gasteiger partial charge >= 0.3 is 6.18 Å². The second kappa shape index (κ2) is 5.73. The van der Waals surface area contributed by atoms with Crippen molar-refractivity contribution in [3.05, 3.63) is 29.2 Å². The highest BCUT2D eigenvalue weighted by Crippen LogP contribution is 2.42. The SMILES string of the molecule is COC/C=C1/C[C@](O)(C(F)(F)F)N(c2nc(C)cc(C)n2)N1. The molecule has 0 aliphatic carbocycles. The molecule has 1 atom stereocenters. The summed E-state index contributed by atoms with van der Waals surface area (Å²) in [5.41, 5.74) is 0.585. The summed E-state index contributed by atoms with van der Waals surface area (Å²) in [6, 6.07) is 1.63. The number of methoxy groups -OCH3 is 1. The number of anilines is 1. The lowest BCUT2D eigenvalue weighted by Gasteiger charge is -2.33. The number of nitrogens with one attached hydrogen (secondary N) is 1. The lowest BCUT2D eigenvalue weighted by molar-refractivity contribution is -0.255. The summed E-state index contributed by atoms with van der Waals surface area (Å²) in [5, 5.41) is 10.7. The van der Waals surface area contributed by atoms with Crippen molar-refractivity contribution in [2.45, 2.75) is 32.2 Å². The predicted octanol–water partition coefficient (Wildman–Crippen LogP) is 1.59. The molecule has 1 aromatic rings. The molecule has 2 heterocycles. The molecule has 2 N–H and O–H groups in total. The second-order valence-corrected chi connectivity index (χ2v) is 5.07. The summed E-state index contributed by atoms with van der Waals surface area (Å²) < 4.78 is 44.8. The van der Waals surface area contributed by atoms with Gasteiger partial charge in [0, 0.05) is 30.6 Å². The van der Waals surface area contributed by atoms with E-state index in [0.717, 1.165) is 0 Å². The summed E-state index contributed by atoms with van der Waals surface area (Å²) in [4.78, 5) is 7.95. The number of nitrogens with zero attached hydrogens (tertiary/aromatic N) is 3. The molecule has 0 saturated carbocycles.